The molecular weight excluding hydrogens is 230 g/mol. The maximum absolute atomic E-state index is 10.1. The number of nitrogens with one attached hydrogen (secondary N) is 1. The molecule has 1 aliphatic carbocycles. The number of rotatable bonds is 4. The largest absolute Gasteiger partial charge is 0.387 e. The second kappa shape index (κ2) is 5.98. The SMILES string of the molecule is CC1CCCC(C)C1NCC(O)c1ccsc1. The van der Waals surface area contributed by atoms with Crippen molar-refractivity contribution in [3.05, 3.63) is 22.4 Å². The lowest BCUT2D eigenvalue weighted by molar-refractivity contribution is 0.142. The molecule has 0 bridgehead atoms. The highest BCUT2D eigenvalue weighted by molar-refractivity contribution is 7.07. The average molecular weight is 253 g/mol. The molecule has 0 amide bonds. The van der Waals surface area contributed by atoms with Gasteiger partial charge in [-0.15, -0.1) is 0 Å². The van der Waals surface area contributed by atoms with Crippen LogP contribution in [0.1, 0.15) is 44.8 Å². The summed E-state index contributed by atoms with van der Waals surface area (Å²) in [5, 5.41) is 17.7. The van der Waals surface area contributed by atoms with E-state index in [0.29, 0.717) is 12.6 Å². The van der Waals surface area contributed by atoms with Crippen LogP contribution in [0, 0.1) is 11.8 Å². The Bertz CT molecular complexity index is 315. The molecule has 3 heteroatoms. The zero-order chi connectivity index (χ0) is 12.3. The lowest BCUT2D eigenvalue weighted by atomic mass is 9.78. The van der Waals surface area contributed by atoms with Crippen molar-refractivity contribution >= 4 is 11.3 Å². The lowest BCUT2D eigenvalue weighted by Gasteiger charge is -2.35. The zero-order valence-corrected chi connectivity index (χ0v) is 11.5. The number of aliphatic hydroxyl groups is 1. The Balaban J connectivity index is 1.84. The van der Waals surface area contributed by atoms with Gasteiger partial charge in [-0.1, -0.05) is 20.3 Å². The summed E-state index contributed by atoms with van der Waals surface area (Å²) in [6, 6.07) is 2.57. The van der Waals surface area contributed by atoms with E-state index in [4.69, 9.17) is 0 Å². The average Bonchev–Trinajstić information content (AvgIpc) is 2.81. The van der Waals surface area contributed by atoms with Gasteiger partial charge >= 0.3 is 0 Å². The van der Waals surface area contributed by atoms with Crippen LogP contribution in [-0.4, -0.2) is 17.7 Å². The number of thiophene rings is 1. The first-order valence-electron chi connectivity index (χ1n) is 6.62. The molecule has 17 heavy (non-hydrogen) atoms. The van der Waals surface area contributed by atoms with Crippen LogP contribution < -0.4 is 5.32 Å². The minimum absolute atomic E-state index is 0.359. The van der Waals surface area contributed by atoms with Gasteiger partial charge < -0.3 is 10.4 Å². The second-order valence-electron chi connectivity index (χ2n) is 5.39. The first-order valence-corrected chi connectivity index (χ1v) is 7.56. The molecule has 0 aromatic carbocycles. The molecule has 0 spiro atoms. The van der Waals surface area contributed by atoms with Crippen molar-refractivity contribution in [2.24, 2.45) is 11.8 Å². The summed E-state index contributed by atoms with van der Waals surface area (Å²) in [6.07, 6.45) is 3.63. The van der Waals surface area contributed by atoms with E-state index >= 15 is 0 Å². The van der Waals surface area contributed by atoms with Crippen LogP contribution in [0.25, 0.3) is 0 Å². The van der Waals surface area contributed by atoms with Crippen molar-refractivity contribution in [2.45, 2.75) is 45.3 Å². The van der Waals surface area contributed by atoms with Gasteiger partial charge in [-0.25, -0.2) is 0 Å². The first-order chi connectivity index (χ1) is 8.18. The smallest absolute Gasteiger partial charge is 0.0922 e. The highest BCUT2D eigenvalue weighted by Gasteiger charge is 2.27. The summed E-state index contributed by atoms with van der Waals surface area (Å²) in [5.74, 6) is 1.46. The van der Waals surface area contributed by atoms with Gasteiger partial charge in [0.15, 0.2) is 0 Å². The van der Waals surface area contributed by atoms with E-state index in [-0.39, 0.29) is 6.10 Å². The van der Waals surface area contributed by atoms with Crippen molar-refractivity contribution in [1.29, 1.82) is 0 Å². The van der Waals surface area contributed by atoms with Gasteiger partial charge in [0.1, 0.15) is 0 Å². The fraction of sp³-hybridized carbons (Fsp3) is 0.714. The van der Waals surface area contributed by atoms with Gasteiger partial charge in [-0.05, 0) is 47.1 Å². The minimum atomic E-state index is -0.359. The molecule has 3 atom stereocenters. The summed E-state index contributed by atoms with van der Waals surface area (Å²) in [5.41, 5.74) is 1.04. The standard InChI is InChI=1S/C14H23NOS/c1-10-4-3-5-11(2)14(10)15-8-13(16)12-6-7-17-9-12/h6-7,9-11,13-16H,3-5,8H2,1-2H3. The molecular formula is C14H23NOS. The molecule has 0 saturated heterocycles. The summed E-state index contributed by atoms with van der Waals surface area (Å²) >= 11 is 1.64. The fourth-order valence-electron chi connectivity index (χ4n) is 2.91. The highest BCUT2D eigenvalue weighted by atomic mass is 32.1. The van der Waals surface area contributed by atoms with Gasteiger partial charge in [-0.3, -0.25) is 0 Å². The van der Waals surface area contributed by atoms with Crippen molar-refractivity contribution < 1.29 is 5.11 Å². The maximum atomic E-state index is 10.1. The molecule has 96 valence electrons. The Morgan fingerprint density at radius 1 is 1.41 bits per heavy atom. The first kappa shape index (κ1) is 13.1. The molecule has 2 nitrogen and oxygen atoms in total. The van der Waals surface area contributed by atoms with Gasteiger partial charge in [0.2, 0.25) is 0 Å². The third-order valence-electron chi connectivity index (χ3n) is 4.02. The lowest BCUT2D eigenvalue weighted by Crippen LogP contribution is -2.44. The van der Waals surface area contributed by atoms with Crippen molar-refractivity contribution in [3.8, 4) is 0 Å². The summed E-state index contributed by atoms with van der Waals surface area (Å²) in [6.45, 7) is 5.32. The van der Waals surface area contributed by atoms with E-state index < -0.39 is 0 Å². The Morgan fingerprint density at radius 2 is 2.12 bits per heavy atom. The van der Waals surface area contributed by atoms with E-state index in [9.17, 15) is 5.11 Å². The maximum Gasteiger partial charge on any atom is 0.0922 e. The van der Waals surface area contributed by atoms with Gasteiger partial charge in [0, 0.05) is 12.6 Å². The van der Waals surface area contributed by atoms with E-state index in [1.54, 1.807) is 11.3 Å². The summed E-state index contributed by atoms with van der Waals surface area (Å²) in [4.78, 5) is 0. The summed E-state index contributed by atoms with van der Waals surface area (Å²) < 4.78 is 0. The molecule has 2 rings (SSSR count). The number of aliphatic hydroxyl groups excluding tert-OH is 1. The molecule has 3 unspecified atom stereocenters. The van der Waals surface area contributed by atoms with Gasteiger partial charge in [0.25, 0.3) is 0 Å². The third kappa shape index (κ3) is 3.30. The molecule has 0 radical (unpaired) electrons. The molecule has 1 saturated carbocycles. The predicted molar refractivity (Wildman–Crippen MR) is 73.2 cm³/mol. The minimum Gasteiger partial charge on any atom is -0.387 e. The van der Waals surface area contributed by atoms with Crippen LogP contribution >= 0.6 is 11.3 Å². The van der Waals surface area contributed by atoms with Crippen LogP contribution in [-0.2, 0) is 0 Å². The Labute approximate surface area is 108 Å². The van der Waals surface area contributed by atoms with Crippen LogP contribution in [0.2, 0.25) is 0 Å². The highest BCUT2D eigenvalue weighted by Crippen LogP contribution is 2.29. The van der Waals surface area contributed by atoms with E-state index in [1.165, 1.54) is 19.3 Å². The van der Waals surface area contributed by atoms with Gasteiger partial charge in [-0.2, -0.15) is 11.3 Å². The normalized spacial score (nSPS) is 31.4. The quantitative estimate of drug-likeness (QED) is 0.863. The third-order valence-corrected chi connectivity index (χ3v) is 4.72. The van der Waals surface area contributed by atoms with E-state index in [0.717, 1.165) is 17.4 Å². The van der Waals surface area contributed by atoms with E-state index in [2.05, 4.69) is 19.2 Å². The Kier molecular flexibility index (Phi) is 4.60. The molecule has 1 heterocycles. The zero-order valence-electron chi connectivity index (χ0n) is 10.7. The van der Waals surface area contributed by atoms with Gasteiger partial charge in [0.05, 0.1) is 6.10 Å². The van der Waals surface area contributed by atoms with Crippen LogP contribution in [0.5, 0.6) is 0 Å². The second-order valence-corrected chi connectivity index (χ2v) is 6.17. The summed E-state index contributed by atoms with van der Waals surface area (Å²) in [7, 11) is 0. The molecule has 1 aromatic rings. The molecule has 1 aliphatic rings. The predicted octanol–water partition coefficient (Wildman–Crippen LogP) is 3.20. The van der Waals surface area contributed by atoms with Crippen molar-refractivity contribution in [1.82, 2.24) is 5.32 Å². The van der Waals surface area contributed by atoms with Crippen LogP contribution in [0.3, 0.4) is 0 Å². The topological polar surface area (TPSA) is 32.3 Å². The Morgan fingerprint density at radius 3 is 2.71 bits per heavy atom. The fourth-order valence-corrected chi connectivity index (χ4v) is 3.62. The number of hydrogen-bond donors (Lipinski definition) is 2. The van der Waals surface area contributed by atoms with Crippen LogP contribution in [0.15, 0.2) is 16.8 Å². The molecule has 1 aromatic heterocycles. The van der Waals surface area contributed by atoms with Crippen LogP contribution in [0.4, 0.5) is 0 Å². The van der Waals surface area contributed by atoms with Crippen molar-refractivity contribution in [2.75, 3.05) is 6.54 Å². The van der Waals surface area contributed by atoms with Crippen molar-refractivity contribution in [3.63, 3.8) is 0 Å². The molecule has 0 aliphatic heterocycles. The van der Waals surface area contributed by atoms with E-state index in [1.807, 2.05) is 16.8 Å². The molecule has 1 fully saturated rings. The number of hydrogen-bond acceptors (Lipinski definition) is 3. The molecule has 2 N–H and O–H groups in total. The Hall–Kier alpha value is -0.380. The monoisotopic (exact) mass is 253 g/mol.